The average Bonchev–Trinajstić information content (AvgIpc) is 3.29. The molecule has 0 radical (unpaired) electrons. The van der Waals surface area contributed by atoms with Gasteiger partial charge >= 0.3 is 0 Å². The van der Waals surface area contributed by atoms with Crippen LogP contribution >= 0.6 is 0 Å². The Kier molecular flexibility index (Phi) is 7.21. The molecular weight excluding hydrogens is 380 g/mol. The third kappa shape index (κ3) is 5.70. The highest BCUT2D eigenvalue weighted by atomic mass is 16.5. The van der Waals surface area contributed by atoms with Crippen LogP contribution in [-0.4, -0.2) is 35.4 Å². The maximum Gasteiger partial charge on any atom is 0.271 e. The van der Waals surface area contributed by atoms with Crippen molar-refractivity contribution in [2.24, 2.45) is 11.0 Å². The lowest BCUT2D eigenvalue weighted by Crippen LogP contribution is -2.17. The number of rotatable bonds is 9. The molecule has 0 saturated carbocycles. The summed E-state index contributed by atoms with van der Waals surface area (Å²) in [4.78, 5) is 16.4. The molecule has 156 valence electrons. The van der Waals surface area contributed by atoms with Gasteiger partial charge in [0.05, 0.1) is 26.3 Å². The molecule has 0 fully saturated rings. The molecule has 0 spiro atoms. The predicted molar refractivity (Wildman–Crippen MR) is 117 cm³/mol. The van der Waals surface area contributed by atoms with Crippen molar-refractivity contribution in [3.05, 3.63) is 72.3 Å². The smallest absolute Gasteiger partial charge is 0.271 e. The Morgan fingerprint density at radius 1 is 1.20 bits per heavy atom. The molecule has 3 aromatic rings. The van der Waals surface area contributed by atoms with Gasteiger partial charge in [-0.15, -0.1) is 0 Å². The summed E-state index contributed by atoms with van der Waals surface area (Å²) in [5.41, 5.74) is 4.84. The van der Waals surface area contributed by atoms with E-state index in [4.69, 9.17) is 9.47 Å². The van der Waals surface area contributed by atoms with Gasteiger partial charge in [0, 0.05) is 23.6 Å². The van der Waals surface area contributed by atoms with Gasteiger partial charge < -0.3 is 14.0 Å². The molecule has 0 aliphatic rings. The van der Waals surface area contributed by atoms with E-state index in [0.717, 1.165) is 17.7 Å². The monoisotopic (exact) mass is 406 g/mol. The van der Waals surface area contributed by atoms with E-state index in [1.807, 2.05) is 35.0 Å². The minimum atomic E-state index is -0.326. The van der Waals surface area contributed by atoms with E-state index >= 15 is 0 Å². The van der Waals surface area contributed by atoms with Gasteiger partial charge in [0.15, 0.2) is 11.5 Å². The molecule has 0 bridgehead atoms. The number of nitrogens with zero attached hydrogens (tertiary/aromatic N) is 3. The number of amides is 1. The molecule has 3 rings (SSSR count). The van der Waals surface area contributed by atoms with Crippen molar-refractivity contribution in [3.63, 3.8) is 0 Å². The number of imidazole rings is 1. The molecule has 7 heteroatoms. The van der Waals surface area contributed by atoms with Crippen LogP contribution in [0.4, 0.5) is 0 Å². The molecule has 1 aromatic heterocycles. The van der Waals surface area contributed by atoms with Crippen molar-refractivity contribution in [1.82, 2.24) is 15.0 Å². The number of benzene rings is 2. The zero-order valence-corrected chi connectivity index (χ0v) is 17.4. The van der Waals surface area contributed by atoms with Crippen molar-refractivity contribution < 1.29 is 14.3 Å². The lowest BCUT2D eigenvalue weighted by molar-refractivity contribution is 0.0954. The zero-order valence-electron chi connectivity index (χ0n) is 17.4. The molecular formula is C23H26N4O3. The summed E-state index contributed by atoms with van der Waals surface area (Å²) in [5, 5.41) is 4.04. The predicted octanol–water partition coefficient (Wildman–Crippen LogP) is 4.07. The first-order valence-electron chi connectivity index (χ1n) is 9.79. The summed E-state index contributed by atoms with van der Waals surface area (Å²) in [6.45, 7) is 4.88. The van der Waals surface area contributed by atoms with E-state index in [1.165, 1.54) is 0 Å². The van der Waals surface area contributed by atoms with Crippen LogP contribution in [0.2, 0.25) is 0 Å². The van der Waals surface area contributed by atoms with Crippen LogP contribution in [0.5, 0.6) is 11.5 Å². The standard InChI is InChI=1S/C23H26N4O3/c1-17(2)10-13-30-21-9-6-19(14-22(21)29-3)23(28)26-25-15-18-4-7-20(8-5-18)27-12-11-24-16-27/h4-9,11-12,14-17H,10,13H2,1-3H3,(H,26,28)/b25-15+. The number of hydrogen-bond donors (Lipinski definition) is 1. The molecule has 1 amide bonds. The summed E-state index contributed by atoms with van der Waals surface area (Å²) >= 11 is 0. The largest absolute Gasteiger partial charge is 0.493 e. The Morgan fingerprint density at radius 3 is 2.67 bits per heavy atom. The van der Waals surface area contributed by atoms with Crippen LogP contribution in [0.3, 0.4) is 0 Å². The maximum atomic E-state index is 12.4. The number of hydrogen-bond acceptors (Lipinski definition) is 5. The third-order valence-electron chi connectivity index (χ3n) is 4.45. The van der Waals surface area contributed by atoms with Gasteiger partial charge in [-0.3, -0.25) is 4.79 Å². The third-order valence-corrected chi connectivity index (χ3v) is 4.45. The Morgan fingerprint density at radius 2 is 2.00 bits per heavy atom. The van der Waals surface area contributed by atoms with Gasteiger partial charge in [-0.25, -0.2) is 10.4 Å². The fraction of sp³-hybridized carbons (Fsp3) is 0.261. The molecule has 2 aromatic carbocycles. The van der Waals surface area contributed by atoms with Gasteiger partial charge in [-0.2, -0.15) is 5.10 Å². The van der Waals surface area contributed by atoms with E-state index in [9.17, 15) is 4.79 Å². The second-order valence-corrected chi connectivity index (χ2v) is 7.16. The summed E-state index contributed by atoms with van der Waals surface area (Å²) in [5.74, 6) is 1.37. The Bertz CT molecular complexity index is 980. The number of methoxy groups -OCH3 is 1. The molecule has 0 unspecified atom stereocenters. The first-order chi connectivity index (χ1) is 14.6. The first kappa shape index (κ1) is 21.1. The van der Waals surface area contributed by atoms with Crippen molar-refractivity contribution in [1.29, 1.82) is 0 Å². The van der Waals surface area contributed by atoms with Crippen LogP contribution in [0.25, 0.3) is 5.69 Å². The fourth-order valence-corrected chi connectivity index (χ4v) is 2.71. The molecule has 0 saturated heterocycles. The van der Waals surface area contributed by atoms with E-state index < -0.39 is 0 Å². The SMILES string of the molecule is COc1cc(C(=O)N/N=C/c2ccc(-n3ccnc3)cc2)ccc1OCCC(C)C. The van der Waals surface area contributed by atoms with Gasteiger partial charge in [0.1, 0.15) is 0 Å². The number of carbonyl (C=O) groups excluding carboxylic acids is 1. The van der Waals surface area contributed by atoms with Crippen LogP contribution < -0.4 is 14.9 Å². The van der Waals surface area contributed by atoms with Gasteiger partial charge in [0.25, 0.3) is 5.91 Å². The van der Waals surface area contributed by atoms with E-state index in [1.54, 1.807) is 44.0 Å². The quantitative estimate of drug-likeness (QED) is 0.429. The van der Waals surface area contributed by atoms with Crippen molar-refractivity contribution in [3.8, 4) is 17.2 Å². The second-order valence-electron chi connectivity index (χ2n) is 7.16. The van der Waals surface area contributed by atoms with Gasteiger partial charge in [-0.05, 0) is 48.2 Å². The van der Waals surface area contributed by atoms with Gasteiger partial charge in [0.2, 0.25) is 0 Å². The Hall–Kier alpha value is -3.61. The second kappa shape index (κ2) is 10.2. The summed E-state index contributed by atoms with van der Waals surface area (Å²) in [6.07, 6.45) is 7.88. The number of carbonyl (C=O) groups is 1. The topological polar surface area (TPSA) is 77.7 Å². The van der Waals surface area contributed by atoms with Crippen molar-refractivity contribution >= 4 is 12.1 Å². The Balaban J connectivity index is 1.58. The number of hydrazone groups is 1. The van der Waals surface area contributed by atoms with Crippen LogP contribution in [0.1, 0.15) is 36.2 Å². The van der Waals surface area contributed by atoms with Gasteiger partial charge in [-0.1, -0.05) is 26.0 Å². The number of aromatic nitrogens is 2. The van der Waals surface area contributed by atoms with E-state index in [-0.39, 0.29) is 5.91 Å². The molecule has 0 aliphatic carbocycles. The molecule has 30 heavy (non-hydrogen) atoms. The number of nitrogens with one attached hydrogen (secondary N) is 1. The molecule has 0 aliphatic heterocycles. The lowest BCUT2D eigenvalue weighted by Gasteiger charge is -2.12. The normalized spacial score (nSPS) is 11.1. The fourth-order valence-electron chi connectivity index (χ4n) is 2.71. The zero-order chi connectivity index (χ0) is 21.3. The highest BCUT2D eigenvalue weighted by Gasteiger charge is 2.11. The van der Waals surface area contributed by atoms with Crippen molar-refractivity contribution in [2.45, 2.75) is 20.3 Å². The first-order valence-corrected chi connectivity index (χ1v) is 9.79. The summed E-state index contributed by atoms with van der Waals surface area (Å²) in [7, 11) is 1.55. The highest BCUT2D eigenvalue weighted by molar-refractivity contribution is 5.95. The maximum absolute atomic E-state index is 12.4. The average molecular weight is 406 g/mol. The molecule has 7 nitrogen and oxygen atoms in total. The van der Waals surface area contributed by atoms with E-state index in [2.05, 4.69) is 29.4 Å². The number of ether oxygens (including phenoxy) is 2. The van der Waals surface area contributed by atoms with Crippen LogP contribution in [0.15, 0.2) is 66.3 Å². The molecule has 1 N–H and O–H groups in total. The Labute approximate surface area is 176 Å². The summed E-state index contributed by atoms with van der Waals surface area (Å²) < 4.78 is 13.0. The van der Waals surface area contributed by atoms with Crippen LogP contribution in [-0.2, 0) is 0 Å². The highest BCUT2D eigenvalue weighted by Crippen LogP contribution is 2.28. The van der Waals surface area contributed by atoms with E-state index in [0.29, 0.717) is 29.6 Å². The minimum Gasteiger partial charge on any atom is -0.493 e. The molecule has 1 heterocycles. The summed E-state index contributed by atoms with van der Waals surface area (Å²) in [6, 6.07) is 12.8. The van der Waals surface area contributed by atoms with Crippen molar-refractivity contribution in [2.75, 3.05) is 13.7 Å². The minimum absolute atomic E-state index is 0.326. The lowest BCUT2D eigenvalue weighted by atomic mass is 10.1. The van der Waals surface area contributed by atoms with Crippen LogP contribution in [0, 0.1) is 5.92 Å². The molecule has 0 atom stereocenters.